The maximum absolute atomic E-state index is 12.3. The topological polar surface area (TPSA) is 113 Å². The van der Waals surface area contributed by atoms with Gasteiger partial charge in [-0.05, 0) is 57.7 Å². The Hall–Kier alpha value is -3.08. The lowest BCUT2D eigenvalue weighted by atomic mass is 9.95. The summed E-state index contributed by atoms with van der Waals surface area (Å²) in [4.78, 5) is 35.8. The van der Waals surface area contributed by atoms with Gasteiger partial charge in [-0.15, -0.1) is 0 Å². The van der Waals surface area contributed by atoms with Gasteiger partial charge in [0, 0.05) is 23.5 Å². The molecular weight excluding hydrogens is 396 g/mol. The number of aromatic nitrogens is 1. The molecule has 8 nitrogen and oxygen atoms in total. The van der Waals surface area contributed by atoms with Crippen molar-refractivity contribution in [1.29, 1.82) is 5.26 Å². The van der Waals surface area contributed by atoms with Gasteiger partial charge in [-0.2, -0.15) is 5.26 Å². The predicted octanol–water partition coefficient (Wildman–Crippen LogP) is 3.68. The van der Waals surface area contributed by atoms with Gasteiger partial charge in [0.25, 0.3) is 5.91 Å². The Morgan fingerprint density at radius 1 is 1.29 bits per heavy atom. The molecule has 0 radical (unpaired) electrons. The lowest BCUT2D eigenvalue weighted by Crippen LogP contribution is -2.44. The Bertz CT molecular complexity index is 888. The molecule has 1 heterocycles. The number of hydrogen-bond donors (Lipinski definition) is 2. The quantitative estimate of drug-likeness (QED) is 0.391. The minimum absolute atomic E-state index is 0.0870. The Kier molecular flexibility index (Phi) is 8.86. The van der Waals surface area contributed by atoms with Crippen molar-refractivity contribution in [3.8, 4) is 6.07 Å². The lowest BCUT2D eigenvalue weighted by molar-refractivity contribution is -0.144. The van der Waals surface area contributed by atoms with Gasteiger partial charge >= 0.3 is 12.0 Å². The van der Waals surface area contributed by atoms with Crippen molar-refractivity contribution >= 4 is 24.0 Å². The zero-order chi connectivity index (χ0) is 23.0. The summed E-state index contributed by atoms with van der Waals surface area (Å²) in [6.07, 6.45) is 8.16. The molecule has 2 rings (SSSR count). The van der Waals surface area contributed by atoms with Gasteiger partial charge in [0.05, 0.1) is 0 Å². The van der Waals surface area contributed by atoms with E-state index < -0.39 is 24.5 Å². The van der Waals surface area contributed by atoms with Crippen LogP contribution in [0.5, 0.6) is 0 Å². The minimum atomic E-state index is -0.901. The SMILES string of the molecule is CC[C@@H](C)NC(=O)NC(=O)COC(=O)/C(C#N)=C/c1cc(C)n(C2CCCCC2)c1C. The first kappa shape index (κ1) is 24.2. The van der Waals surface area contributed by atoms with Gasteiger partial charge in [-0.25, -0.2) is 9.59 Å². The molecule has 0 bridgehead atoms. The fraction of sp³-hybridized carbons (Fsp3) is 0.565. The van der Waals surface area contributed by atoms with Crippen LogP contribution in [0.3, 0.4) is 0 Å². The van der Waals surface area contributed by atoms with E-state index in [0.29, 0.717) is 12.5 Å². The monoisotopic (exact) mass is 428 g/mol. The molecule has 1 atom stereocenters. The molecule has 168 valence electrons. The fourth-order valence-electron chi connectivity index (χ4n) is 3.88. The van der Waals surface area contributed by atoms with Crippen LogP contribution in [0.4, 0.5) is 4.79 Å². The molecule has 3 amide bonds. The van der Waals surface area contributed by atoms with Crippen molar-refractivity contribution in [2.75, 3.05) is 6.61 Å². The standard InChI is InChI=1S/C23H32N4O4/c1-5-15(2)25-23(30)26-21(28)14-31-22(29)19(13-24)12-18-11-16(3)27(17(18)4)20-9-7-6-8-10-20/h11-12,15,20H,5-10,14H2,1-4H3,(H2,25,26,28,30)/b19-12+/t15-/m1/s1. The van der Waals surface area contributed by atoms with Crippen molar-refractivity contribution in [1.82, 2.24) is 15.2 Å². The number of aryl methyl sites for hydroxylation is 1. The van der Waals surface area contributed by atoms with Gasteiger partial charge < -0.3 is 14.6 Å². The predicted molar refractivity (Wildman–Crippen MR) is 117 cm³/mol. The summed E-state index contributed by atoms with van der Waals surface area (Å²) in [6.45, 7) is 7.07. The summed E-state index contributed by atoms with van der Waals surface area (Å²) < 4.78 is 7.21. The van der Waals surface area contributed by atoms with Crippen LogP contribution in [0.1, 0.15) is 75.4 Å². The number of nitrogens with one attached hydrogen (secondary N) is 2. The van der Waals surface area contributed by atoms with E-state index >= 15 is 0 Å². The summed E-state index contributed by atoms with van der Waals surface area (Å²) in [7, 11) is 0. The number of hydrogen-bond acceptors (Lipinski definition) is 5. The second kappa shape index (κ2) is 11.3. The first-order valence-electron chi connectivity index (χ1n) is 10.8. The van der Waals surface area contributed by atoms with Crippen LogP contribution in [0.25, 0.3) is 6.08 Å². The van der Waals surface area contributed by atoms with E-state index in [1.165, 1.54) is 25.3 Å². The van der Waals surface area contributed by atoms with E-state index in [9.17, 15) is 19.6 Å². The van der Waals surface area contributed by atoms with Gasteiger partial charge in [0.15, 0.2) is 6.61 Å². The number of esters is 1. The summed E-state index contributed by atoms with van der Waals surface area (Å²) in [6, 6.07) is 3.51. The molecule has 0 aliphatic heterocycles. The van der Waals surface area contributed by atoms with E-state index in [1.54, 1.807) is 6.92 Å². The third-order valence-electron chi connectivity index (χ3n) is 5.68. The van der Waals surface area contributed by atoms with E-state index in [0.717, 1.165) is 29.8 Å². The second-order valence-electron chi connectivity index (χ2n) is 8.07. The Balaban J connectivity index is 2.02. The Morgan fingerprint density at radius 3 is 2.58 bits per heavy atom. The number of imide groups is 1. The molecule has 0 spiro atoms. The molecule has 1 fully saturated rings. The highest BCUT2D eigenvalue weighted by molar-refractivity contribution is 6.00. The average Bonchev–Trinajstić information content (AvgIpc) is 3.03. The van der Waals surface area contributed by atoms with E-state index in [4.69, 9.17) is 4.74 Å². The van der Waals surface area contributed by atoms with Crippen LogP contribution in [0, 0.1) is 25.2 Å². The molecule has 1 aromatic rings. The summed E-state index contributed by atoms with van der Waals surface area (Å²) >= 11 is 0. The first-order valence-corrected chi connectivity index (χ1v) is 10.8. The number of nitriles is 1. The van der Waals surface area contributed by atoms with Gasteiger partial charge in [-0.1, -0.05) is 26.2 Å². The molecule has 1 aliphatic carbocycles. The third-order valence-corrected chi connectivity index (χ3v) is 5.68. The molecule has 1 aliphatic rings. The molecule has 1 saturated carbocycles. The number of rotatable bonds is 7. The highest BCUT2D eigenvalue weighted by Gasteiger charge is 2.21. The first-order chi connectivity index (χ1) is 14.8. The number of nitrogens with zero attached hydrogens (tertiary/aromatic N) is 2. The van der Waals surface area contributed by atoms with Crippen molar-refractivity contribution in [3.05, 3.63) is 28.6 Å². The fourth-order valence-corrected chi connectivity index (χ4v) is 3.88. The smallest absolute Gasteiger partial charge is 0.349 e. The third kappa shape index (κ3) is 6.71. The molecule has 31 heavy (non-hydrogen) atoms. The normalized spacial score (nSPS) is 15.6. The van der Waals surface area contributed by atoms with Gasteiger partial charge in [-0.3, -0.25) is 10.1 Å². The van der Waals surface area contributed by atoms with Crippen molar-refractivity contribution in [2.24, 2.45) is 0 Å². The summed E-state index contributed by atoms with van der Waals surface area (Å²) in [5, 5.41) is 14.1. The van der Waals surface area contributed by atoms with Gasteiger partial charge in [0.1, 0.15) is 11.6 Å². The largest absolute Gasteiger partial charge is 0.451 e. The molecule has 2 N–H and O–H groups in total. The number of amides is 3. The lowest BCUT2D eigenvalue weighted by Gasteiger charge is -2.26. The van der Waals surface area contributed by atoms with E-state index in [1.807, 2.05) is 32.9 Å². The van der Waals surface area contributed by atoms with E-state index in [-0.39, 0.29) is 11.6 Å². The zero-order valence-corrected chi connectivity index (χ0v) is 18.8. The minimum Gasteiger partial charge on any atom is -0.451 e. The van der Waals surface area contributed by atoms with Crippen LogP contribution in [0.15, 0.2) is 11.6 Å². The van der Waals surface area contributed by atoms with Crippen LogP contribution in [-0.4, -0.2) is 35.1 Å². The Morgan fingerprint density at radius 2 is 1.97 bits per heavy atom. The highest BCUT2D eigenvalue weighted by Crippen LogP contribution is 2.32. The summed E-state index contributed by atoms with van der Waals surface area (Å²) in [5.74, 6) is -1.66. The molecule has 1 aromatic heterocycles. The van der Waals surface area contributed by atoms with Crippen LogP contribution in [0.2, 0.25) is 0 Å². The number of urea groups is 1. The molecule has 0 aromatic carbocycles. The van der Waals surface area contributed by atoms with Crippen LogP contribution >= 0.6 is 0 Å². The number of ether oxygens (including phenoxy) is 1. The highest BCUT2D eigenvalue weighted by atomic mass is 16.5. The zero-order valence-electron chi connectivity index (χ0n) is 18.8. The molecular formula is C23H32N4O4. The molecule has 0 saturated heterocycles. The second-order valence-corrected chi connectivity index (χ2v) is 8.07. The molecule has 8 heteroatoms. The molecule has 0 unspecified atom stereocenters. The maximum Gasteiger partial charge on any atom is 0.349 e. The van der Waals surface area contributed by atoms with E-state index in [2.05, 4.69) is 15.2 Å². The maximum atomic E-state index is 12.3. The van der Waals surface area contributed by atoms with Crippen LogP contribution < -0.4 is 10.6 Å². The summed E-state index contributed by atoms with van der Waals surface area (Å²) in [5.41, 5.74) is 2.69. The van der Waals surface area contributed by atoms with Crippen LogP contribution in [-0.2, 0) is 14.3 Å². The number of carbonyl (C=O) groups excluding carboxylic acids is 3. The van der Waals surface area contributed by atoms with Gasteiger partial charge in [0.2, 0.25) is 0 Å². The number of carbonyl (C=O) groups is 3. The average molecular weight is 429 g/mol. The Labute approximate surface area is 183 Å². The van der Waals surface area contributed by atoms with Crippen molar-refractivity contribution in [3.63, 3.8) is 0 Å². The van der Waals surface area contributed by atoms with Crippen molar-refractivity contribution < 1.29 is 19.1 Å². The van der Waals surface area contributed by atoms with Crippen molar-refractivity contribution in [2.45, 2.75) is 78.3 Å².